The van der Waals surface area contributed by atoms with E-state index in [4.69, 9.17) is 23.2 Å². The highest BCUT2D eigenvalue weighted by Gasteiger charge is 2.34. The lowest BCUT2D eigenvalue weighted by molar-refractivity contribution is -0.140. The number of benzene rings is 3. The van der Waals surface area contributed by atoms with E-state index in [9.17, 15) is 18.0 Å². The molecule has 1 N–H and O–H groups in total. The number of hydrogen-bond acceptors (Lipinski definition) is 4. The van der Waals surface area contributed by atoms with Gasteiger partial charge in [-0.2, -0.15) is 0 Å². The lowest BCUT2D eigenvalue weighted by Crippen LogP contribution is -2.54. The van der Waals surface area contributed by atoms with Crippen LogP contribution >= 0.6 is 23.2 Å². The Hall–Kier alpha value is -3.07. The molecule has 39 heavy (non-hydrogen) atoms. The summed E-state index contributed by atoms with van der Waals surface area (Å²) in [4.78, 5) is 28.5. The molecule has 208 valence electrons. The Morgan fingerprint density at radius 1 is 0.949 bits per heavy atom. The molecule has 3 aromatic carbocycles. The fourth-order valence-corrected chi connectivity index (χ4v) is 6.00. The molecule has 0 aliphatic carbocycles. The predicted molar refractivity (Wildman–Crippen MR) is 157 cm³/mol. The average Bonchev–Trinajstić information content (AvgIpc) is 2.85. The van der Waals surface area contributed by atoms with Crippen LogP contribution in [0.3, 0.4) is 0 Å². The zero-order valence-electron chi connectivity index (χ0n) is 22.6. The summed E-state index contributed by atoms with van der Waals surface area (Å²) >= 11 is 12.5. The number of rotatable bonds is 9. The van der Waals surface area contributed by atoms with Crippen LogP contribution in [0.15, 0.2) is 77.7 Å². The maximum absolute atomic E-state index is 14.0. The van der Waals surface area contributed by atoms with E-state index in [1.54, 1.807) is 25.1 Å². The van der Waals surface area contributed by atoms with E-state index in [1.807, 2.05) is 52.0 Å². The smallest absolute Gasteiger partial charge is 0.264 e. The third kappa shape index (κ3) is 7.97. The van der Waals surface area contributed by atoms with Crippen molar-refractivity contribution in [1.82, 2.24) is 10.2 Å². The maximum atomic E-state index is 14.0. The SMILES string of the molecule is Cc1cccc(CN(C(=O)CN(c2ccc(Cl)cc2Cl)S(=O)(=O)c2ccccc2)[C@@H](C)C(=O)NC(C)(C)C)c1. The van der Waals surface area contributed by atoms with Crippen LogP contribution in [0.5, 0.6) is 0 Å². The molecule has 7 nitrogen and oxygen atoms in total. The summed E-state index contributed by atoms with van der Waals surface area (Å²) < 4.78 is 28.6. The highest BCUT2D eigenvalue weighted by molar-refractivity contribution is 7.92. The molecule has 1 atom stereocenters. The van der Waals surface area contributed by atoms with Crippen LogP contribution in [-0.2, 0) is 26.2 Å². The highest BCUT2D eigenvalue weighted by atomic mass is 35.5. The van der Waals surface area contributed by atoms with Gasteiger partial charge in [0.25, 0.3) is 10.0 Å². The molecule has 2 amide bonds. The van der Waals surface area contributed by atoms with Crippen molar-refractivity contribution in [1.29, 1.82) is 0 Å². The van der Waals surface area contributed by atoms with Gasteiger partial charge in [-0.15, -0.1) is 0 Å². The van der Waals surface area contributed by atoms with Crippen molar-refractivity contribution in [2.45, 2.75) is 57.6 Å². The first-order chi connectivity index (χ1) is 18.2. The molecule has 0 aromatic heterocycles. The quantitative estimate of drug-likeness (QED) is 0.340. The number of nitrogens with zero attached hydrogens (tertiary/aromatic N) is 2. The molecule has 0 bridgehead atoms. The van der Waals surface area contributed by atoms with Crippen LogP contribution in [-0.4, -0.2) is 43.3 Å². The number of sulfonamides is 1. The van der Waals surface area contributed by atoms with Crippen LogP contribution in [0, 0.1) is 6.92 Å². The maximum Gasteiger partial charge on any atom is 0.264 e. The van der Waals surface area contributed by atoms with Gasteiger partial charge in [-0.1, -0.05) is 71.2 Å². The average molecular weight is 591 g/mol. The van der Waals surface area contributed by atoms with Crippen LogP contribution in [0.2, 0.25) is 10.0 Å². The number of carbonyl (C=O) groups excluding carboxylic acids is 2. The van der Waals surface area contributed by atoms with Gasteiger partial charge in [0.15, 0.2) is 0 Å². The number of anilines is 1. The molecule has 0 spiro atoms. The van der Waals surface area contributed by atoms with Gasteiger partial charge in [-0.25, -0.2) is 8.42 Å². The predicted octanol–water partition coefficient (Wildman–Crippen LogP) is 5.83. The lowest BCUT2D eigenvalue weighted by atomic mass is 10.1. The molecule has 0 aliphatic rings. The first-order valence-corrected chi connectivity index (χ1v) is 14.6. The molecule has 0 heterocycles. The Balaban J connectivity index is 2.06. The van der Waals surface area contributed by atoms with Gasteiger partial charge >= 0.3 is 0 Å². The summed E-state index contributed by atoms with van der Waals surface area (Å²) in [6, 6.07) is 18.8. The summed E-state index contributed by atoms with van der Waals surface area (Å²) in [5.41, 5.74) is 1.37. The van der Waals surface area contributed by atoms with Gasteiger partial charge in [0.1, 0.15) is 12.6 Å². The molecule has 10 heteroatoms. The van der Waals surface area contributed by atoms with Crippen molar-refractivity contribution < 1.29 is 18.0 Å². The summed E-state index contributed by atoms with van der Waals surface area (Å²) in [5, 5.41) is 3.30. The van der Waals surface area contributed by atoms with Crippen LogP contribution in [0.1, 0.15) is 38.8 Å². The molecule has 0 aliphatic heterocycles. The molecular weight excluding hydrogens is 557 g/mol. The molecule has 3 aromatic rings. The summed E-state index contributed by atoms with van der Waals surface area (Å²) in [5.74, 6) is -0.927. The summed E-state index contributed by atoms with van der Waals surface area (Å²) in [6.45, 7) is 8.62. The van der Waals surface area contributed by atoms with E-state index in [1.165, 1.54) is 35.2 Å². The van der Waals surface area contributed by atoms with E-state index < -0.39 is 34.1 Å². The third-order valence-electron chi connectivity index (χ3n) is 5.89. The third-order valence-corrected chi connectivity index (χ3v) is 8.20. The second-order valence-corrected chi connectivity index (χ2v) is 13.1. The van der Waals surface area contributed by atoms with Crippen LogP contribution in [0.25, 0.3) is 0 Å². The molecule has 0 fully saturated rings. The monoisotopic (exact) mass is 589 g/mol. The standard InChI is InChI=1S/C29H33Cl2N3O4S/c1-20-10-9-11-22(16-20)18-33(21(2)28(36)32-29(3,4)5)27(35)19-34(26-15-14-23(30)17-25(26)31)39(37,38)24-12-7-6-8-13-24/h6-17,21H,18-19H2,1-5H3,(H,32,36)/t21-/m0/s1. The first-order valence-electron chi connectivity index (χ1n) is 12.4. The number of aryl methyl sites for hydroxylation is 1. The Morgan fingerprint density at radius 3 is 2.21 bits per heavy atom. The minimum absolute atomic E-state index is 0.00688. The van der Waals surface area contributed by atoms with E-state index in [2.05, 4.69) is 5.32 Å². The van der Waals surface area contributed by atoms with Crippen molar-refractivity contribution >= 4 is 50.7 Å². The van der Waals surface area contributed by atoms with Gasteiger partial charge in [0.2, 0.25) is 11.8 Å². The first kappa shape index (κ1) is 30.5. The van der Waals surface area contributed by atoms with E-state index in [0.717, 1.165) is 15.4 Å². The largest absolute Gasteiger partial charge is 0.350 e. The molecule has 0 unspecified atom stereocenters. The normalized spacial score (nSPS) is 12.5. The Labute approximate surface area is 240 Å². The Bertz CT molecular complexity index is 1440. The lowest BCUT2D eigenvalue weighted by Gasteiger charge is -2.33. The van der Waals surface area contributed by atoms with Gasteiger partial charge in [-0.3, -0.25) is 13.9 Å². The number of halogens is 2. The minimum atomic E-state index is -4.21. The van der Waals surface area contributed by atoms with Gasteiger partial charge < -0.3 is 10.2 Å². The fourth-order valence-electron chi connectivity index (χ4n) is 3.98. The zero-order valence-corrected chi connectivity index (χ0v) is 24.9. The van der Waals surface area contributed by atoms with Gasteiger partial charge in [0.05, 0.1) is 15.6 Å². The second kappa shape index (κ2) is 12.4. The minimum Gasteiger partial charge on any atom is -0.350 e. The van der Waals surface area contributed by atoms with Gasteiger partial charge in [0, 0.05) is 17.1 Å². The van der Waals surface area contributed by atoms with Crippen molar-refractivity contribution in [3.63, 3.8) is 0 Å². The molecule has 0 saturated heterocycles. The van der Waals surface area contributed by atoms with E-state index >= 15 is 0 Å². The summed E-state index contributed by atoms with van der Waals surface area (Å²) in [6.07, 6.45) is 0. The molecule has 0 radical (unpaired) electrons. The fraction of sp³-hybridized carbons (Fsp3) is 0.310. The molecule has 0 saturated carbocycles. The van der Waals surface area contributed by atoms with Crippen LogP contribution in [0.4, 0.5) is 5.69 Å². The Morgan fingerprint density at radius 2 is 1.62 bits per heavy atom. The number of amides is 2. The topological polar surface area (TPSA) is 86.8 Å². The number of nitrogens with one attached hydrogen (secondary N) is 1. The number of carbonyl (C=O) groups is 2. The van der Waals surface area contributed by atoms with E-state index in [-0.39, 0.29) is 28.1 Å². The molecule has 3 rings (SSSR count). The number of hydrogen-bond donors (Lipinski definition) is 1. The Kier molecular flexibility index (Phi) is 9.69. The van der Waals surface area contributed by atoms with Crippen LogP contribution < -0.4 is 9.62 Å². The highest BCUT2D eigenvalue weighted by Crippen LogP contribution is 2.33. The summed E-state index contributed by atoms with van der Waals surface area (Å²) in [7, 11) is -4.21. The van der Waals surface area contributed by atoms with Gasteiger partial charge in [-0.05, 0) is 70.5 Å². The zero-order chi connectivity index (χ0) is 29.0. The van der Waals surface area contributed by atoms with Crippen molar-refractivity contribution in [3.8, 4) is 0 Å². The second-order valence-electron chi connectivity index (χ2n) is 10.3. The van der Waals surface area contributed by atoms with Crippen molar-refractivity contribution in [2.24, 2.45) is 0 Å². The van der Waals surface area contributed by atoms with E-state index in [0.29, 0.717) is 5.02 Å². The van der Waals surface area contributed by atoms with Crippen molar-refractivity contribution in [2.75, 3.05) is 10.8 Å². The molecular formula is C29H33Cl2N3O4S. The van der Waals surface area contributed by atoms with Crippen molar-refractivity contribution in [3.05, 3.63) is 94.0 Å².